The SMILES string of the molecule is CCOc1ccc(-c2cc(NC(=O)c3cccc(Cl)c3)c(C(=O)O)s2)cc1. The number of ether oxygens (including phenoxy) is 1. The van der Waals surface area contributed by atoms with E-state index in [1.165, 1.54) is 6.07 Å². The van der Waals surface area contributed by atoms with E-state index in [2.05, 4.69) is 5.32 Å². The molecule has 0 aliphatic heterocycles. The van der Waals surface area contributed by atoms with Gasteiger partial charge in [0.25, 0.3) is 5.91 Å². The molecule has 1 aromatic heterocycles. The van der Waals surface area contributed by atoms with Crippen LogP contribution in [-0.4, -0.2) is 23.6 Å². The number of hydrogen-bond donors (Lipinski definition) is 2. The monoisotopic (exact) mass is 401 g/mol. The fraction of sp³-hybridized carbons (Fsp3) is 0.100. The van der Waals surface area contributed by atoms with Crippen LogP contribution in [0.4, 0.5) is 5.69 Å². The van der Waals surface area contributed by atoms with E-state index in [9.17, 15) is 14.7 Å². The van der Waals surface area contributed by atoms with Crippen LogP contribution in [0.25, 0.3) is 10.4 Å². The lowest BCUT2D eigenvalue weighted by Gasteiger charge is -2.05. The lowest BCUT2D eigenvalue weighted by atomic mass is 10.1. The molecule has 0 saturated carbocycles. The Morgan fingerprint density at radius 1 is 1.15 bits per heavy atom. The first-order valence-corrected chi connectivity index (χ1v) is 9.34. The Bertz CT molecular complexity index is 982. The van der Waals surface area contributed by atoms with Gasteiger partial charge in [-0.3, -0.25) is 4.79 Å². The summed E-state index contributed by atoms with van der Waals surface area (Å²) in [5, 5.41) is 12.6. The standard InChI is InChI=1S/C20H16ClNO4S/c1-2-26-15-8-6-12(7-9-15)17-11-16(18(27-17)20(24)25)22-19(23)13-4-3-5-14(21)10-13/h3-11H,2H2,1H3,(H,22,23)(H,24,25). The van der Waals surface area contributed by atoms with Crippen molar-refractivity contribution in [2.24, 2.45) is 0 Å². The van der Waals surface area contributed by atoms with Gasteiger partial charge in [0.05, 0.1) is 12.3 Å². The van der Waals surface area contributed by atoms with E-state index in [1.807, 2.05) is 31.2 Å². The van der Waals surface area contributed by atoms with Gasteiger partial charge in [-0.15, -0.1) is 11.3 Å². The van der Waals surface area contributed by atoms with Crippen molar-refractivity contribution in [3.05, 3.63) is 70.1 Å². The maximum Gasteiger partial charge on any atom is 0.348 e. The second-order valence-electron chi connectivity index (χ2n) is 5.58. The number of hydrogen-bond acceptors (Lipinski definition) is 4. The van der Waals surface area contributed by atoms with Crippen LogP contribution in [0.1, 0.15) is 27.0 Å². The minimum Gasteiger partial charge on any atom is -0.494 e. The minimum atomic E-state index is -1.10. The zero-order valence-electron chi connectivity index (χ0n) is 14.4. The summed E-state index contributed by atoms with van der Waals surface area (Å²) in [6.45, 7) is 2.47. The number of halogens is 1. The van der Waals surface area contributed by atoms with Gasteiger partial charge < -0.3 is 15.2 Å². The molecule has 0 aliphatic carbocycles. The first-order valence-electron chi connectivity index (χ1n) is 8.15. The molecule has 0 saturated heterocycles. The molecule has 0 spiro atoms. The van der Waals surface area contributed by atoms with Crippen molar-refractivity contribution >= 4 is 40.5 Å². The van der Waals surface area contributed by atoms with Crippen molar-refractivity contribution in [2.75, 3.05) is 11.9 Å². The van der Waals surface area contributed by atoms with Crippen molar-refractivity contribution in [3.63, 3.8) is 0 Å². The number of nitrogens with one attached hydrogen (secondary N) is 1. The summed E-state index contributed by atoms with van der Waals surface area (Å²) in [5.74, 6) is -0.777. The third-order valence-corrected chi connectivity index (χ3v) is 5.12. The van der Waals surface area contributed by atoms with E-state index in [1.54, 1.807) is 24.3 Å². The van der Waals surface area contributed by atoms with Crippen molar-refractivity contribution in [3.8, 4) is 16.2 Å². The van der Waals surface area contributed by atoms with E-state index < -0.39 is 11.9 Å². The summed E-state index contributed by atoms with van der Waals surface area (Å²) in [7, 11) is 0. The summed E-state index contributed by atoms with van der Waals surface area (Å²) in [4.78, 5) is 24.8. The van der Waals surface area contributed by atoms with Gasteiger partial charge in [0.1, 0.15) is 10.6 Å². The Labute approximate surface area is 165 Å². The summed E-state index contributed by atoms with van der Waals surface area (Å²) < 4.78 is 5.42. The van der Waals surface area contributed by atoms with Crippen LogP contribution in [0, 0.1) is 0 Å². The zero-order valence-corrected chi connectivity index (χ0v) is 15.9. The van der Waals surface area contributed by atoms with Gasteiger partial charge in [0.2, 0.25) is 0 Å². The Kier molecular flexibility index (Phi) is 5.78. The number of thiophene rings is 1. The predicted molar refractivity (Wildman–Crippen MR) is 107 cm³/mol. The third-order valence-electron chi connectivity index (χ3n) is 3.71. The predicted octanol–water partition coefficient (Wildman–Crippen LogP) is 5.42. The number of carbonyl (C=O) groups is 2. The van der Waals surface area contributed by atoms with Gasteiger partial charge in [-0.1, -0.05) is 17.7 Å². The minimum absolute atomic E-state index is 0.0641. The molecular formula is C20H16ClNO4S. The maximum atomic E-state index is 12.4. The molecule has 5 nitrogen and oxygen atoms in total. The number of carboxylic acids is 1. The lowest BCUT2D eigenvalue weighted by Crippen LogP contribution is -2.13. The second kappa shape index (κ2) is 8.24. The van der Waals surface area contributed by atoms with Gasteiger partial charge in [0.15, 0.2) is 0 Å². The van der Waals surface area contributed by atoms with Crippen LogP contribution in [0.15, 0.2) is 54.6 Å². The van der Waals surface area contributed by atoms with Crippen molar-refractivity contribution < 1.29 is 19.4 Å². The number of anilines is 1. The molecule has 3 rings (SSSR count). The highest BCUT2D eigenvalue weighted by molar-refractivity contribution is 7.18. The molecular weight excluding hydrogens is 386 g/mol. The molecule has 1 amide bonds. The van der Waals surface area contributed by atoms with Crippen LogP contribution < -0.4 is 10.1 Å². The Hall–Kier alpha value is -2.83. The highest BCUT2D eigenvalue weighted by atomic mass is 35.5. The first kappa shape index (κ1) is 18.9. The quantitative estimate of drug-likeness (QED) is 0.578. The molecule has 138 valence electrons. The van der Waals surface area contributed by atoms with Crippen molar-refractivity contribution in [2.45, 2.75) is 6.92 Å². The van der Waals surface area contributed by atoms with E-state index in [4.69, 9.17) is 16.3 Å². The Morgan fingerprint density at radius 2 is 1.89 bits per heavy atom. The normalized spacial score (nSPS) is 10.4. The van der Waals surface area contributed by atoms with E-state index in [0.29, 0.717) is 17.2 Å². The number of carboxylic acid groups (broad SMARTS) is 1. The van der Waals surface area contributed by atoms with Crippen LogP contribution in [-0.2, 0) is 0 Å². The van der Waals surface area contributed by atoms with E-state index >= 15 is 0 Å². The van der Waals surface area contributed by atoms with Gasteiger partial charge in [-0.25, -0.2) is 4.79 Å². The van der Waals surface area contributed by atoms with Gasteiger partial charge in [-0.05, 0) is 61.0 Å². The van der Waals surface area contributed by atoms with E-state index in [-0.39, 0.29) is 10.6 Å². The van der Waals surface area contributed by atoms with Crippen molar-refractivity contribution in [1.82, 2.24) is 0 Å². The summed E-state index contributed by atoms with van der Waals surface area (Å²) in [6, 6.07) is 15.5. The van der Waals surface area contributed by atoms with Gasteiger partial charge in [0, 0.05) is 15.5 Å². The molecule has 0 bridgehead atoms. The average Bonchev–Trinajstić information content (AvgIpc) is 3.06. The maximum absolute atomic E-state index is 12.4. The molecule has 27 heavy (non-hydrogen) atoms. The zero-order chi connectivity index (χ0) is 19.4. The van der Waals surface area contributed by atoms with Crippen LogP contribution in [0.2, 0.25) is 5.02 Å². The van der Waals surface area contributed by atoms with Crippen molar-refractivity contribution in [1.29, 1.82) is 0 Å². The first-order chi connectivity index (χ1) is 13.0. The average molecular weight is 402 g/mol. The smallest absolute Gasteiger partial charge is 0.348 e. The molecule has 0 radical (unpaired) electrons. The van der Waals surface area contributed by atoms with E-state index in [0.717, 1.165) is 27.5 Å². The summed E-state index contributed by atoms with van der Waals surface area (Å²) in [6.07, 6.45) is 0. The largest absolute Gasteiger partial charge is 0.494 e. The van der Waals surface area contributed by atoms with Gasteiger partial charge >= 0.3 is 5.97 Å². The Balaban J connectivity index is 1.89. The van der Waals surface area contributed by atoms with Crippen LogP contribution >= 0.6 is 22.9 Å². The number of rotatable bonds is 6. The molecule has 0 atom stereocenters. The number of aromatic carboxylic acids is 1. The molecule has 0 aliphatic rings. The fourth-order valence-corrected chi connectivity index (χ4v) is 3.64. The molecule has 3 aromatic rings. The Morgan fingerprint density at radius 3 is 2.52 bits per heavy atom. The number of carbonyl (C=O) groups excluding carboxylic acids is 1. The van der Waals surface area contributed by atoms with Crippen LogP contribution in [0.3, 0.4) is 0 Å². The fourth-order valence-electron chi connectivity index (χ4n) is 2.49. The molecule has 2 N–H and O–H groups in total. The summed E-state index contributed by atoms with van der Waals surface area (Å²) >= 11 is 7.01. The molecule has 0 fully saturated rings. The third kappa shape index (κ3) is 4.48. The highest BCUT2D eigenvalue weighted by Gasteiger charge is 2.19. The number of amides is 1. The molecule has 0 unspecified atom stereocenters. The molecule has 7 heteroatoms. The molecule has 2 aromatic carbocycles. The second-order valence-corrected chi connectivity index (χ2v) is 7.07. The summed E-state index contributed by atoms with van der Waals surface area (Å²) in [5.41, 5.74) is 1.45. The van der Waals surface area contributed by atoms with Crippen LogP contribution in [0.5, 0.6) is 5.75 Å². The topological polar surface area (TPSA) is 75.6 Å². The molecule has 1 heterocycles. The number of benzene rings is 2. The van der Waals surface area contributed by atoms with Gasteiger partial charge in [-0.2, -0.15) is 0 Å². The highest BCUT2D eigenvalue weighted by Crippen LogP contribution is 2.36. The lowest BCUT2D eigenvalue weighted by molar-refractivity contribution is 0.0703.